The summed E-state index contributed by atoms with van der Waals surface area (Å²) in [6.45, 7) is 2.03. The maximum Gasteiger partial charge on any atom is 0.223 e. The number of pyridine rings is 1. The third-order valence-corrected chi connectivity index (χ3v) is 2.12. The van der Waals surface area contributed by atoms with Crippen LogP contribution in [0, 0.1) is 5.92 Å². The zero-order valence-electron chi connectivity index (χ0n) is 9.14. The summed E-state index contributed by atoms with van der Waals surface area (Å²) in [4.78, 5) is 26.2. The number of aromatic nitrogens is 1. The zero-order chi connectivity index (χ0) is 12.0. The summed E-state index contributed by atoms with van der Waals surface area (Å²) in [5, 5.41) is 2.69. The fourth-order valence-electron chi connectivity index (χ4n) is 1.25. The van der Waals surface area contributed by atoms with E-state index in [-0.39, 0.29) is 12.3 Å². The second-order valence-corrected chi connectivity index (χ2v) is 3.61. The molecule has 0 bridgehead atoms. The van der Waals surface area contributed by atoms with Gasteiger partial charge in [-0.15, -0.1) is 0 Å². The molecule has 0 saturated carbocycles. The van der Waals surface area contributed by atoms with Crippen LogP contribution in [0.25, 0.3) is 0 Å². The Kier molecular flexibility index (Phi) is 4.44. The van der Waals surface area contributed by atoms with Gasteiger partial charge in [0.2, 0.25) is 11.8 Å². The van der Waals surface area contributed by atoms with Gasteiger partial charge in [-0.1, -0.05) is 13.0 Å². The molecule has 1 rings (SSSR count). The Balaban J connectivity index is 2.38. The maximum atomic E-state index is 11.5. The topological polar surface area (TPSA) is 85.1 Å². The largest absolute Gasteiger partial charge is 0.370 e. The molecule has 0 aromatic carbocycles. The fourth-order valence-corrected chi connectivity index (χ4v) is 1.25. The molecule has 0 aliphatic carbocycles. The van der Waals surface area contributed by atoms with E-state index in [4.69, 9.17) is 5.73 Å². The van der Waals surface area contributed by atoms with E-state index < -0.39 is 11.8 Å². The number of primary amides is 1. The van der Waals surface area contributed by atoms with Crippen molar-refractivity contribution in [1.29, 1.82) is 0 Å². The first-order valence-electron chi connectivity index (χ1n) is 5.05. The lowest BCUT2D eigenvalue weighted by Crippen LogP contribution is -2.31. The summed E-state index contributed by atoms with van der Waals surface area (Å²) < 4.78 is 0. The Bertz CT molecular complexity index is 365. The van der Waals surface area contributed by atoms with Crippen molar-refractivity contribution < 1.29 is 9.59 Å². The molecule has 5 nitrogen and oxygen atoms in total. The van der Waals surface area contributed by atoms with Crippen LogP contribution in [0.3, 0.4) is 0 Å². The normalized spacial score (nSPS) is 11.8. The third kappa shape index (κ3) is 4.08. The molecule has 1 aromatic heterocycles. The molecule has 0 fully saturated rings. The number of carbonyl (C=O) groups is 2. The Morgan fingerprint density at radius 1 is 1.50 bits per heavy atom. The molecule has 0 radical (unpaired) electrons. The highest BCUT2D eigenvalue weighted by Crippen LogP contribution is 2.01. The van der Waals surface area contributed by atoms with Crippen molar-refractivity contribution in [2.75, 3.05) is 0 Å². The van der Waals surface area contributed by atoms with Crippen LogP contribution >= 0.6 is 0 Å². The van der Waals surface area contributed by atoms with Crippen molar-refractivity contribution in [3.8, 4) is 0 Å². The van der Waals surface area contributed by atoms with Gasteiger partial charge in [0.1, 0.15) is 0 Å². The van der Waals surface area contributed by atoms with Gasteiger partial charge in [0.25, 0.3) is 0 Å². The highest BCUT2D eigenvalue weighted by molar-refractivity contribution is 5.84. The van der Waals surface area contributed by atoms with Gasteiger partial charge in [0, 0.05) is 18.5 Å². The second kappa shape index (κ2) is 5.85. The molecule has 5 heteroatoms. The smallest absolute Gasteiger partial charge is 0.223 e. The van der Waals surface area contributed by atoms with Crippen molar-refractivity contribution in [2.45, 2.75) is 19.9 Å². The van der Waals surface area contributed by atoms with Gasteiger partial charge in [-0.3, -0.25) is 14.6 Å². The van der Waals surface area contributed by atoms with E-state index in [0.717, 1.165) is 5.69 Å². The number of hydrogen-bond acceptors (Lipinski definition) is 3. The van der Waals surface area contributed by atoms with E-state index in [1.54, 1.807) is 19.2 Å². The van der Waals surface area contributed by atoms with Crippen LogP contribution in [-0.2, 0) is 16.1 Å². The number of hydrogen-bond donors (Lipinski definition) is 2. The van der Waals surface area contributed by atoms with Gasteiger partial charge < -0.3 is 11.1 Å². The number of carbonyl (C=O) groups excluding carboxylic acids is 2. The van der Waals surface area contributed by atoms with Crippen LogP contribution < -0.4 is 11.1 Å². The molecular weight excluding hydrogens is 206 g/mol. The van der Waals surface area contributed by atoms with Crippen molar-refractivity contribution in [1.82, 2.24) is 10.3 Å². The van der Waals surface area contributed by atoms with E-state index >= 15 is 0 Å². The van der Waals surface area contributed by atoms with Gasteiger partial charge in [0.05, 0.1) is 12.2 Å². The molecule has 0 aliphatic rings. The van der Waals surface area contributed by atoms with Crippen LogP contribution in [0.5, 0.6) is 0 Å². The number of amides is 2. The monoisotopic (exact) mass is 221 g/mol. The molecular formula is C11H15N3O2. The average Bonchev–Trinajstić information content (AvgIpc) is 2.26. The van der Waals surface area contributed by atoms with E-state index in [1.807, 2.05) is 12.1 Å². The fraction of sp³-hybridized carbons (Fsp3) is 0.364. The Morgan fingerprint density at radius 2 is 2.25 bits per heavy atom. The summed E-state index contributed by atoms with van der Waals surface area (Å²) in [5.74, 6) is -1.06. The van der Waals surface area contributed by atoms with Crippen molar-refractivity contribution in [3.05, 3.63) is 30.1 Å². The van der Waals surface area contributed by atoms with Gasteiger partial charge in [-0.2, -0.15) is 0 Å². The Labute approximate surface area is 94.1 Å². The summed E-state index contributed by atoms with van der Waals surface area (Å²) in [6.07, 6.45) is 1.72. The molecule has 1 aromatic rings. The molecule has 0 spiro atoms. The standard InChI is InChI=1S/C11H15N3O2/c1-8(6-10(12)15)11(16)14-7-9-4-2-3-5-13-9/h2-5,8H,6-7H2,1H3,(H2,12,15)(H,14,16). The van der Waals surface area contributed by atoms with E-state index in [9.17, 15) is 9.59 Å². The molecule has 1 heterocycles. The molecule has 86 valence electrons. The molecule has 0 aliphatic heterocycles. The average molecular weight is 221 g/mol. The zero-order valence-corrected chi connectivity index (χ0v) is 9.14. The molecule has 1 unspecified atom stereocenters. The SMILES string of the molecule is CC(CC(N)=O)C(=O)NCc1ccccn1. The van der Waals surface area contributed by atoms with Crippen LogP contribution in [0.1, 0.15) is 19.0 Å². The quantitative estimate of drug-likeness (QED) is 0.745. The van der Waals surface area contributed by atoms with Gasteiger partial charge in [-0.05, 0) is 12.1 Å². The highest BCUT2D eigenvalue weighted by atomic mass is 16.2. The molecule has 2 amide bonds. The Hall–Kier alpha value is -1.91. The number of rotatable bonds is 5. The number of nitrogens with zero attached hydrogens (tertiary/aromatic N) is 1. The number of nitrogens with one attached hydrogen (secondary N) is 1. The molecule has 0 saturated heterocycles. The first kappa shape index (κ1) is 12.2. The predicted molar refractivity (Wildman–Crippen MR) is 59.1 cm³/mol. The summed E-state index contributed by atoms with van der Waals surface area (Å²) in [5.41, 5.74) is 5.79. The van der Waals surface area contributed by atoms with Crippen LogP contribution in [0.15, 0.2) is 24.4 Å². The van der Waals surface area contributed by atoms with Crippen molar-refractivity contribution >= 4 is 11.8 Å². The van der Waals surface area contributed by atoms with E-state index in [1.165, 1.54) is 0 Å². The van der Waals surface area contributed by atoms with Crippen LogP contribution in [-0.4, -0.2) is 16.8 Å². The van der Waals surface area contributed by atoms with Gasteiger partial charge >= 0.3 is 0 Å². The third-order valence-electron chi connectivity index (χ3n) is 2.12. The minimum absolute atomic E-state index is 0.0635. The number of nitrogens with two attached hydrogens (primary N) is 1. The molecule has 16 heavy (non-hydrogen) atoms. The Morgan fingerprint density at radius 3 is 2.81 bits per heavy atom. The predicted octanol–water partition coefficient (Wildman–Crippen LogP) is 0.209. The molecule has 3 N–H and O–H groups in total. The lowest BCUT2D eigenvalue weighted by atomic mass is 10.1. The van der Waals surface area contributed by atoms with Crippen LogP contribution in [0.2, 0.25) is 0 Å². The van der Waals surface area contributed by atoms with Crippen molar-refractivity contribution in [3.63, 3.8) is 0 Å². The lowest BCUT2D eigenvalue weighted by molar-refractivity contribution is -0.128. The minimum atomic E-state index is -0.472. The maximum absolute atomic E-state index is 11.5. The minimum Gasteiger partial charge on any atom is -0.370 e. The summed E-state index contributed by atoms with van der Waals surface area (Å²) in [6, 6.07) is 5.47. The lowest BCUT2D eigenvalue weighted by Gasteiger charge is -2.09. The summed E-state index contributed by atoms with van der Waals surface area (Å²) in [7, 11) is 0. The molecule has 1 atom stereocenters. The van der Waals surface area contributed by atoms with E-state index in [0.29, 0.717) is 6.54 Å². The van der Waals surface area contributed by atoms with Crippen LogP contribution in [0.4, 0.5) is 0 Å². The highest BCUT2D eigenvalue weighted by Gasteiger charge is 2.14. The first-order valence-corrected chi connectivity index (χ1v) is 5.05. The van der Waals surface area contributed by atoms with Crippen molar-refractivity contribution in [2.24, 2.45) is 11.7 Å². The summed E-state index contributed by atoms with van der Waals surface area (Å²) >= 11 is 0. The second-order valence-electron chi connectivity index (χ2n) is 3.61. The van der Waals surface area contributed by atoms with Gasteiger partial charge in [-0.25, -0.2) is 0 Å². The van der Waals surface area contributed by atoms with Gasteiger partial charge in [0.15, 0.2) is 0 Å². The first-order chi connectivity index (χ1) is 7.59. The van der Waals surface area contributed by atoms with E-state index in [2.05, 4.69) is 10.3 Å².